The van der Waals surface area contributed by atoms with Crippen LogP contribution in [0.3, 0.4) is 0 Å². The van der Waals surface area contributed by atoms with Crippen LogP contribution in [0, 0.1) is 17.0 Å². The quantitative estimate of drug-likeness (QED) is 0.638. The molecule has 0 fully saturated rings. The van der Waals surface area contributed by atoms with Crippen LogP contribution in [0.4, 0.5) is 0 Å². The molecule has 5 heteroatoms. The first-order valence-electron chi connectivity index (χ1n) is 6.28. The number of nitrogens with one attached hydrogen (secondary N) is 1. The lowest BCUT2D eigenvalue weighted by molar-refractivity contribution is -0.623. The molecule has 0 spiro atoms. The zero-order valence-electron chi connectivity index (χ0n) is 11.7. The molecule has 1 heterocycles. The van der Waals surface area contributed by atoms with Crippen molar-refractivity contribution in [2.45, 2.75) is 40.5 Å². The van der Waals surface area contributed by atoms with E-state index in [4.69, 9.17) is 4.74 Å². The van der Waals surface area contributed by atoms with Gasteiger partial charge in [-0.25, -0.2) is 0 Å². The molecule has 5 nitrogen and oxygen atoms in total. The summed E-state index contributed by atoms with van der Waals surface area (Å²) in [5.41, 5.74) is 0.476. The third kappa shape index (κ3) is 3.24. The molecular weight excluding hydrogens is 232 g/mol. The molecule has 0 aromatic carbocycles. The lowest BCUT2D eigenvalue weighted by Gasteiger charge is -2.13. The number of ether oxygens (including phenoxy) is 1. The first-order valence-corrected chi connectivity index (χ1v) is 6.28. The Kier molecular flexibility index (Phi) is 4.76. The van der Waals surface area contributed by atoms with Gasteiger partial charge in [-0.2, -0.15) is 0 Å². The zero-order chi connectivity index (χ0) is 13.9. The Hall–Kier alpha value is -1.52. The van der Waals surface area contributed by atoms with E-state index in [2.05, 4.69) is 4.98 Å². The lowest BCUT2D eigenvalue weighted by Crippen LogP contribution is -2.43. The second-order valence-corrected chi connectivity index (χ2v) is 5.38. The van der Waals surface area contributed by atoms with Crippen molar-refractivity contribution in [3.63, 3.8) is 0 Å². The fourth-order valence-corrected chi connectivity index (χ4v) is 1.92. The Morgan fingerprint density at radius 1 is 1.22 bits per heavy atom. The molecule has 1 aromatic rings. The highest BCUT2D eigenvalue weighted by Gasteiger charge is 2.23. The van der Waals surface area contributed by atoms with Gasteiger partial charge in [0.1, 0.15) is 5.69 Å². The van der Waals surface area contributed by atoms with Crippen molar-refractivity contribution >= 4 is 0 Å². The standard InChI is InChI=1S/C13H22N2O3/c1-8(2)6-10-13(18-5)15(17)11(7-9(3)4)12(16)14-10/h8-9H,6-7H2,1-5H3,(H,14,16). The first kappa shape index (κ1) is 14.5. The van der Waals surface area contributed by atoms with Crippen LogP contribution >= 0.6 is 0 Å². The Balaban J connectivity index is 3.30. The Morgan fingerprint density at radius 2 is 1.78 bits per heavy atom. The average Bonchev–Trinajstić information content (AvgIpc) is 2.23. The highest BCUT2D eigenvalue weighted by Crippen LogP contribution is 2.14. The molecule has 1 N–H and O–H groups in total. The molecule has 0 bridgehead atoms. The molecule has 0 saturated heterocycles. The molecule has 1 aromatic heterocycles. The number of methoxy groups -OCH3 is 1. The monoisotopic (exact) mass is 254 g/mol. The maximum Gasteiger partial charge on any atom is 0.399 e. The third-order valence-corrected chi connectivity index (χ3v) is 2.62. The van der Waals surface area contributed by atoms with Crippen molar-refractivity contribution in [3.05, 3.63) is 26.9 Å². The van der Waals surface area contributed by atoms with Crippen molar-refractivity contribution in [1.29, 1.82) is 0 Å². The minimum Gasteiger partial charge on any atom is -0.616 e. The molecule has 0 radical (unpaired) electrons. The molecule has 102 valence electrons. The summed E-state index contributed by atoms with van der Waals surface area (Å²) < 4.78 is 5.77. The highest BCUT2D eigenvalue weighted by molar-refractivity contribution is 5.15. The van der Waals surface area contributed by atoms with E-state index >= 15 is 0 Å². The number of hydrogen-bond donors (Lipinski definition) is 1. The summed E-state index contributed by atoms with van der Waals surface area (Å²) in [7, 11) is 1.45. The van der Waals surface area contributed by atoms with Crippen LogP contribution in [-0.2, 0) is 12.8 Å². The van der Waals surface area contributed by atoms with Gasteiger partial charge < -0.3 is 14.9 Å². The van der Waals surface area contributed by atoms with E-state index in [1.807, 2.05) is 27.7 Å². The van der Waals surface area contributed by atoms with Gasteiger partial charge in [-0.15, -0.1) is 4.73 Å². The minimum absolute atomic E-state index is 0.207. The van der Waals surface area contributed by atoms with Gasteiger partial charge in [-0.1, -0.05) is 27.7 Å². The predicted octanol–water partition coefficient (Wildman–Crippen LogP) is 1.41. The van der Waals surface area contributed by atoms with Gasteiger partial charge in [0.25, 0.3) is 5.69 Å². The second-order valence-electron chi connectivity index (χ2n) is 5.38. The summed E-state index contributed by atoms with van der Waals surface area (Å²) in [5, 5.41) is 12.1. The molecule has 0 atom stereocenters. The molecule has 0 saturated carbocycles. The van der Waals surface area contributed by atoms with Gasteiger partial charge in [-0.05, 0) is 11.8 Å². The van der Waals surface area contributed by atoms with E-state index in [9.17, 15) is 10.0 Å². The SMILES string of the molecule is COc1c(CC(C)C)[nH]c(=O)c(CC(C)C)[n+]1[O-]. The van der Waals surface area contributed by atoms with Crippen LogP contribution in [-0.4, -0.2) is 12.1 Å². The van der Waals surface area contributed by atoms with Gasteiger partial charge in [0.15, 0.2) is 0 Å². The molecule has 0 aliphatic heterocycles. The van der Waals surface area contributed by atoms with Crippen molar-refractivity contribution in [3.8, 4) is 5.88 Å². The molecule has 0 aliphatic carbocycles. The van der Waals surface area contributed by atoms with Crippen molar-refractivity contribution in [2.24, 2.45) is 11.8 Å². The van der Waals surface area contributed by atoms with E-state index in [-0.39, 0.29) is 23.1 Å². The van der Waals surface area contributed by atoms with Gasteiger partial charge >= 0.3 is 11.4 Å². The fraction of sp³-hybridized carbons (Fsp3) is 0.692. The van der Waals surface area contributed by atoms with E-state index in [0.717, 1.165) is 0 Å². The third-order valence-electron chi connectivity index (χ3n) is 2.62. The van der Waals surface area contributed by atoms with Gasteiger partial charge in [0, 0.05) is 12.8 Å². The van der Waals surface area contributed by atoms with Crippen LogP contribution in [0.15, 0.2) is 4.79 Å². The summed E-state index contributed by atoms with van der Waals surface area (Å²) in [5.74, 6) is 0.788. The Bertz CT molecular complexity index is 464. The highest BCUT2D eigenvalue weighted by atomic mass is 16.5. The summed E-state index contributed by atoms with van der Waals surface area (Å²) in [6.45, 7) is 7.98. The maximum atomic E-state index is 12.1. The van der Waals surface area contributed by atoms with E-state index in [1.54, 1.807) is 0 Å². The zero-order valence-corrected chi connectivity index (χ0v) is 11.7. The summed E-state index contributed by atoms with van der Waals surface area (Å²) in [4.78, 5) is 14.7. The van der Waals surface area contributed by atoms with Gasteiger partial charge in [0.05, 0.1) is 7.11 Å². The molecule has 18 heavy (non-hydrogen) atoms. The maximum absolute atomic E-state index is 12.1. The number of rotatable bonds is 5. The molecule has 0 unspecified atom stereocenters. The van der Waals surface area contributed by atoms with Crippen LogP contribution in [0.5, 0.6) is 5.88 Å². The number of H-pyrrole nitrogens is 1. The van der Waals surface area contributed by atoms with Crippen molar-refractivity contribution < 1.29 is 9.47 Å². The normalized spacial score (nSPS) is 11.3. The number of aromatic nitrogens is 2. The number of nitrogens with zero attached hydrogens (tertiary/aromatic N) is 1. The van der Waals surface area contributed by atoms with Gasteiger partial charge in [0.2, 0.25) is 0 Å². The molecule has 0 aliphatic rings. The number of aromatic amines is 1. The van der Waals surface area contributed by atoms with Crippen LogP contribution in [0.2, 0.25) is 0 Å². The average molecular weight is 254 g/mol. The summed E-state index contributed by atoms with van der Waals surface area (Å²) in [6, 6.07) is 0. The van der Waals surface area contributed by atoms with E-state index in [1.165, 1.54) is 7.11 Å². The van der Waals surface area contributed by atoms with Crippen molar-refractivity contribution in [1.82, 2.24) is 4.98 Å². The first-order chi connectivity index (χ1) is 8.36. The molecular formula is C13H22N2O3. The van der Waals surface area contributed by atoms with Crippen LogP contribution in [0.25, 0.3) is 0 Å². The summed E-state index contributed by atoms with van der Waals surface area (Å²) in [6.07, 6.45) is 1.06. The molecule has 0 amide bonds. The second kappa shape index (κ2) is 5.89. The van der Waals surface area contributed by atoms with E-state index in [0.29, 0.717) is 29.2 Å². The smallest absolute Gasteiger partial charge is 0.399 e. The van der Waals surface area contributed by atoms with Crippen molar-refractivity contribution in [2.75, 3.05) is 7.11 Å². The van der Waals surface area contributed by atoms with Gasteiger partial charge in [-0.3, -0.25) is 4.79 Å². The number of hydrogen-bond acceptors (Lipinski definition) is 3. The predicted molar refractivity (Wildman–Crippen MR) is 69.7 cm³/mol. The Labute approximate surface area is 107 Å². The lowest BCUT2D eigenvalue weighted by atomic mass is 10.1. The topological polar surface area (TPSA) is 69.0 Å². The fourth-order valence-electron chi connectivity index (χ4n) is 1.92. The molecule has 1 rings (SSSR count). The van der Waals surface area contributed by atoms with Crippen LogP contribution < -0.4 is 15.0 Å². The largest absolute Gasteiger partial charge is 0.616 e. The summed E-state index contributed by atoms with van der Waals surface area (Å²) >= 11 is 0. The van der Waals surface area contributed by atoms with Crippen LogP contribution in [0.1, 0.15) is 39.1 Å². The Morgan fingerprint density at radius 3 is 2.22 bits per heavy atom. The van der Waals surface area contributed by atoms with E-state index < -0.39 is 0 Å². The minimum atomic E-state index is -0.310.